The Kier molecular flexibility index (Phi) is 3.86. The molecule has 0 aliphatic carbocycles. The summed E-state index contributed by atoms with van der Waals surface area (Å²) in [4.78, 5) is 8.82. The van der Waals surface area contributed by atoms with Crippen LogP contribution in [0.25, 0.3) is 22.6 Å². The molecular formula is C17H16ClN3O. The lowest BCUT2D eigenvalue weighted by Crippen LogP contribution is -2.12. The summed E-state index contributed by atoms with van der Waals surface area (Å²) in [5.41, 5.74) is 11.0. The van der Waals surface area contributed by atoms with E-state index in [4.69, 9.17) is 21.8 Å². The average molecular weight is 314 g/mol. The molecule has 0 spiro atoms. The Labute approximate surface area is 133 Å². The molecule has 0 saturated carbocycles. The summed E-state index contributed by atoms with van der Waals surface area (Å²) in [6.07, 6.45) is 0. The number of hydrogen-bond donors (Lipinski definition) is 1. The van der Waals surface area contributed by atoms with Crippen LogP contribution in [0.4, 0.5) is 5.69 Å². The predicted molar refractivity (Wildman–Crippen MR) is 90.9 cm³/mol. The van der Waals surface area contributed by atoms with Gasteiger partial charge in [0.25, 0.3) is 0 Å². The van der Waals surface area contributed by atoms with Gasteiger partial charge in [-0.3, -0.25) is 0 Å². The van der Waals surface area contributed by atoms with Gasteiger partial charge in [-0.15, -0.1) is 11.6 Å². The molecule has 0 aliphatic heterocycles. The van der Waals surface area contributed by atoms with E-state index in [9.17, 15) is 0 Å². The molecule has 0 radical (unpaired) electrons. The summed E-state index contributed by atoms with van der Waals surface area (Å²) < 4.78 is 5.89. The van der Waals surface area contributed by atoms with Gasteiger partial charge in [0.1, 0.15) is 11.4 Å². The first-order valence-electron chi connectivity index (χ1n) is 6.94. The van der Waals surface area contributed by atoms with E-state index in [0.29, 0.717) is 11.7 Å². The highest BCUT2D eigenvalue weighted by molar-refractivity contribution is 6.28. The number of nitrogens with two attached hydrogens (primary N) is 1. The van der Waals surface area contributed by atoms with Crippen molar-refractivity contribution in [3.05, 3.63) is 47.5 Å². The molecule has 4 nitrogen and oxygen atoms in total. The molecule has 112 valence electrons. The maximum Gasteiger partial charge on any atom is 0.227 e. The van der Waals surface area contributed by atoms with Crippen molar-refractivity contribution in [3.63, 3.8) is 0 Å². The fraction of sp³-hybridized carbons (Fsp3) is 0.176. The number of fused-ring (bicyclic) bond motifs is 1. The highest BCUT2D eigenvalue weighted by atomic mass is 35.5. The zero-order valence-electron chi connectivity index (χ0n) is 12.4. The molecule has 3 rings (SSSR count). The van der Waals surface area contributed by atoms with Crippen molar-refractivity contribution in [3.8, 4) is 11.5 Å². The van der Waals surface area contributed by atoms with Crippen molar-refractivity contribution >= 4 is 34.2 Å². The van der Waals surface area contributed by atoms with Gasteiger partial charge < -0.3 is 10.2 Å². The zero-order chi connectivity index (χ0) is 15.7. The minimum Gasteiger partial charge on any atom is -0.436 e. The molecular weight excluding hydrogens is 298 g/mol. The number of aromatic nitrogens is 1. The number of halogens is 1. The van der Waals surface area contributed by atoms with Crippen molar-refractivity contribution in [1.29, 1.82) is 0 Å². The molecule has 2 aromatic carbocycles. The first kappa shape index (κ1) is 14.6. The highest BCUT2D eigenvalue weighted by Gasteiger charge is 2.11. The Morgan fingerprint density at radius 3 is 2.64 bits per heavy atom. The number of hydrogen-bond acceptors (Lipinski definition) is 3. The zero-order valence-corrected chi connectivity index (χ0v) is 13.2. The van der Waals surface area contributed by atoms with Crippen LogP contribution in [0.1, 0.15) is 11.1 Å². The van der Waals surface area contributed by atoms with Crippen LogP contribution in [0.15, 0.2) is 45.8 Å². The number of aryl methyl sites for hydroxylation is 2. The molecule has 0 bridgehead atoms. The summed E-state index contributed by atoms with van der Waals surface area (Å²) in [5.74, 6) is 1.18. The van der Waals surface area contributed by atoms with E-state index in [-0.39, 0.29) is 5.88 Å². The van der Waals surface area contributed by atoms with Gasteiger partial charge in [-0.1, -0.05) is 17.7 Å². The molecule has 0 atom stereocenters. The van der Waals surface area contributed by atoms with E-state index in [1.807, 2.05) is 50.2 Å². The normalized spacial score (nSPS) is 12.0. The van der Waals surface area contributed by atoms with E-state index >= 15 is 0 Å². The van der Waals surface area contributed by atoms with Crippen molar-refractivity contribution in [2.75, 3.05) is 5.88 Å². The number of alkyl halides is 1. The Hall–Kier alpha value is -2.33. The summed E-state index contributed by atoms with van der Waals surface area (Å²) >= 11 is 5.67. The second-order valence-corrected chi connectivity index (χ2v) is 5.50. The number of rotatable bonds is 3. The van der Waals surface area contributed by atoms with Crippen LogP contribution in [-0.2, 0) is 0 Å². The topological polar surface area (TPSA) is 64.4 Å². The number of aliphatic imine (C=N–C) groups is 1. The third-order valence-corrected chi connectivity index (χ3v) is 3.64. The van der Waals surface area contributed by atoms with Crippen LogP contribution in [0.5, 0.6) is 0 Å². The fourth-order valence-electron chi connectivity index (χ4n) is 2.26. The van der Waals surface area contributed by atoms with Gasteiger partial charge in [-0.25, -0.2) is 9.98 Å². The predicted octanol–water partition coefficient (Wildman–Crippen LogP) is 4.34. The molecule has 2 N–H and O–H groups in total. The van der Waals surface area contributed by atoms with Gasteiger partial charge in [0.15, 0.2) is 5.58 Å². The van der Waals surface area contributed by atoms with Crippen molar-refractivity contribution in [2.24, 2.45) is 10.7 Å². The van der Waals surface area contributed by atoms with E-state index in [0.717, 1.165) is 27.9 Å². The van der Waals surface area contributed by atoms with E-state index in [1.54, 1.807) is 0 Å². The molecule has 0 aliphatic rings. The smallest absolute Gasteiger partial charge is 0.227 e. The summed E-state index contributed by atoms with van der Waals surface area (Å²) in [6.45, 7) is 4.01. The number of oxazole rings is 1. The van der Waals surface area contributed by atoms with E-state index in [2.05, 4.69) is 9.98 Å². The average Bonchev–Trinajstić information content (AvgIpc) is 2.92. The quantitative estimate of drug-likeness (QED) is 0.444. The number of amidine groups is 1. The minimum atomic E-state index is 0.199. The van der Waals surface area contributed by atoms with Gasteiger partial charge in [0.05, 0.1) is 11.6 Å². The standard InChI is InChI=1S/C17H16ClN3O/c1-10-3-5-12(6-4-10)17-21-14-8-13(20-15(19)9-18)7-11(2)16(14)22-17/h3-8H,9H2,1-2H3,(H2,19,20). The summed E-state index contributed by atoms with van der Waals surface area (Å²) in [5, 5.41) is 0. The SMILES string of the molecule is Cc1ccc(-c2nc3cc(N=C(N)CCl)cc(C)c3o2)cc1. The molecule has 0 amide bonds. The Morgan fingerprint density at radius 1 is 1.23 bits per heavy atom. The van der Waals surface area contributed by atoms with Gasteiger partial charge >= 0.3 is 0 Å². The molecule has 3 aromatic rings. The molecule has 1 aromatic heterocycles. The number of nitrogens with zero attached hydrogens (tertiary/aromatic N) is 2. The van der Waals surface area contributed by atoms with Crippen LogP contribution in [-0.4, -0.2) is 16.7 Å². The lowest BCUT2D eigenvalue weighted by atomic mass is 10.1. The van der Waals surface area contributed by atoms with Crippen molar-refractivity contribution in [1.82, 2.24) is 4.98 Å². The molecule has 0 fully saturated rings. The number of benzene rings is 2. The third-order valence-electron chi connectivity index (χ3n) is 3.37. The van der Waals surface area contributed by atoms with Gasteiger partial charge in [0, 0.05) is 5.56 Å². The van der Waals surface area contributed by atoms with Crippen LogP contribution < -0.4 is 5.73 Å². The lowest BCUT2D eigenvalue weighted by Gasteiger charge is -1.99. The highest BCUT2D eigenvalue weighted by Crippen LogP contribution is 2.30. The van der Waals surface area contributed by atoms with Gasteiger partial charge in [0.2, 0.25) is 5.89 Å². The van der Waals surface area contributed by atoms with Crippen molar-refractivity contribution < 1.29 is 4.42 Å². The second-order valence-electron chi connectivity index (χ2n) is 5.23. The van der Waals surface area contributed by atoms with Crippen LogP contribution in [0.3, 0.4) is 0 Å². The maximum atomic E-state index is 5.89. The Morgan fingerprint density at radius 2 is 1.95 bits per heavy atom. The second kappa shape index (κ2) is 5.81. The van der Waals surface area contributed by atoms with Gasteiger partial charge in [-0.2, -0.15) is 0 Å². The first-order chi connectivity index (χ1) is 10.6. The van der Waals surface area contributed by atoms with Crippen LogP contribution in [0, 0.1) is 13.8 Å². The monoisotopic (exact) mass is 313 g/mol. The lowest BCUT2D eigenvalue weighted by molar-refractivity contribution is 0.617. The summed E-state index contributed by atoms with van der Waals surface area (Å²) in [6, 6.07) is 11.8. The third kappa shape index (κ3) is 2.83. The maximum absolute atomic E-state index is 5.89. The Bertz CT molecular complexity index is 850. The van der Waals surface area contributed by atoms with Crippen LogP contribution in [0.2, 0.25) is 0 Å². The first-order valence-corrected chi connectivity index (χ1v) is 7.47. The molecule has 0 saturated heterocycles. The molecule has 5 heteroatoms. The fourth-order valence-corrected chi connectivity index (χ4v) is 2.32. The summed E-state index contributed by atoms with van der Waals surface area (Å²) in [7, 11) is 0. The molecule has 1 heterocycles. The molecule has 22 heavy (non-hydrogen) atoms. The van der Waals surface area contributed by atoms with E-state index < -0.39 is 0 Å². The minimum absolute atomic E-state index is 0.199. The van der Waals surface area contributed by atoms with Gasteiger partial charge in [-0.05, 0) is 43.7 Å². The molecule has 0 unspecified atom stereocenters. The van der Waals surface area contributed by atoms with Crippen LogP contribution >= 0.6 is 11.6 Å². The van der Waals surface area contributed by atoms with E-state index in [1.165, 1.54) is 5.56 Å². The van der Waals surface area contributed by atoms with Crippen molar-refractivity contribution in [2.45, 2.75) is 13.8 Å². The largest absolute Gasteiger partial charge is 0.436 e. The Balaban J connectivity index is 2.09.